The summed E-state index contributed by atoms with van der Waals surface area (Å²) in [6.45, 7) is 2.47. The van der Waals surface area contributed by atoms with Gasteiger partial charge < -0.3 is 15.1 Å². The standard InChI is InChI=1S/C20H31NO3/c1-2-3-4-5-6-7-8-16-9-11-17(12-10-16)13-18-14-19(22)15-21(18)20(23)24/h9-12,18-19,22H,2-8,13-15H2,1H3,(H,23,24)/t18-,19-/m1/s1. The summed E-state index contributed by atoms with van der Waals surface area (Å²) in [5.74, 6) is 0. The number of unbranched alkanes of at least 4 members (excludes halogenated alkanes) is 5. The monoisotopic (exact) mass is 333 g/mol. The maximum absolute atomic E-state index is 11.2. The molecule has 1 fully saturated rings. The Kier molecular flexibility index (Phi) is 7.57. The van der Waals surface area contributed by atoms with Crippen LogP contribution < -0.4 is 0 Å². The van der Waals surface area contributed by atoms with Crippen molar-refractivity contribution in [2.24, 2.45) is 0 Å². The van der Waals surface area contributed by atoms with Gasteiger partial charge >= 0.3 is 6.09 Å². The highest BCUT2D eigenvalue weighted by Gasteiger charge is 2.34. The summed E-state index contributed by atoms with van der Waals surface area (Å²) in [7, 11) is 0. The third-order valence-electron chi connectivity index (χ3n) is 4.95. The summed E-state index contributed by atoms with van der Waals surface area (Å²) >= 11 is 0. The minimum atomic E-state index is -0.934. The first kappa shape index (κ1) is 18.8. The number of benzene rings is 1. The zero-order valence-electron chi connectivity index (χ0n) is 14.8. The first-order valence-electron chi connectivity index (χ1n) is 9.35. The summed E-state index contributed by atoms with van der Waals surface area (Å²) in [4.78, 5) is 12.6. The van der Waals surface area contributed by atoms with Crippen molar-refractivity contribution in [3.63, 3.8) is 0 Å². The van der Waals surface area contributed by atoms with Crippen LogP contribution >= 0.6 is 0 Å². The van der Waals surface area contributed by atoms with Crippen LogP contribution in [0.3, 0.4) is 0 Å². The second-order valence-corrected chi connectivity index (χ2v) is 7.02. The molecule has 24 heavy (non-hydrogen) atoms. The number of aliphatic hydroxyl groups excluding tert-OH is 1. The van der Waals surface area contributed by atoms with Gasteiger partial charge in [-0.15, -0.1) is 0 Å². The smallest absolute Gasteiger partial charge is 0.407 e. The maximum Gasteiger partial charge on any atom is 0.407 e. The molecule has 0 aromatic heterocycles. The predicted octanol–water partition coefficient (Wildman–Crippen LogP) is 4.25. The topological polar surface area (TPSA) is 60.8 Å². The molecule has 2 atom stereocenters. The van der Waals surface area contributed by atoms with E-state index in [9.17, 15) is 15.0 Å². The van der Waals surface area contributed by atoms with E-state index in [0.717, 1.165) is 12.0 Å². The summed E-state index contributed by atoms with van der Waals surface area (Å²) < 4.78 is 0. The van der Waals surface area contributed by atoms with Crippen molar-refractivity contribution < 1.29 is 15.0 Å². The summed E-state index contributed by atoms with van der Waals surface area (Å²) in [5, 5.41) is 18.9. The number of nitrogens with zero attached hydrogens (tertiary/aromatic N) is 1. The molecule has 4 heteroatoms. The fraction of sp³-hybridized carbons (Fsp3) is 0.650. The molecule has 1 saturated heterocycles. The number of carboxylic acid groups (broad SMARTS) is 1. The molecular formula is C20H31NO3. The van der Waals surface area contributed by atoms with Gasteiger partial charge in [-0.3, -0.25) is 0 Å². The Bertz CT molecular complexity index is 500. The van der Waals surface area contributed by atoms with Crippen molar-refractivity contribution in [2.45, 2.75) is 76.9 Å². The summed E-state index contributed by atoms with van der Waals surface area (Å²) in [6, 6.07) is 8.44. The van der Waals surface area contributed by atoms with E-state index in [2.05, 4.69) is 31.2 Å². The highest BCUT2D eigenvalue weighted by molar-refractivity contribution is 5.66. The van der Waals surface area contributed by atoms with Crippen molar-refractivity contribution in [2.75, 3.05) is 6.54 Å². The van der Waals surface area contributed by atoms with Crippen LogP contribution in [-0.2, 0) is 12.8 Å². The molecule has 2 rings (SSSR count). The quantitative estimate of drug-likeness (QED) is 0.664. The number of hydrogen-bond donors (Lipinski definition) is 2. The molecule has 1 amide bonds. The fourth-order valence-corrected chi connectivity index (χ4v) is 3.54. The van der Waals surface area contributed by atoms with Crippen molar-refractivity contribution in [1.29, 1.82) is 0 Å². The van der Waals surface area contributed by atoms with Gasteiger partial charge in [-0.2, -0.15) is 0 Å². The lowest BCUT2D eigenvalue weighted by Crippen LogP contribution is -2.35. The first-order valence-corrected chi connectivity index (χ1v) is 9.35. The van der Waals surface area contributed by atoms with Crippen LogP contribution in [-0.4, -0.2) is 39.9 Å². The zero-order chi connectivity index (χ0) is 17.4. The number of β-amino-alcohol motifs (C(OH)–C–C–N with tert-alkyl or cyclic N) is 1. The molecule has 2 N–H and O–H groups in total. The maximum atomic E-state index is 11.2. The number of hydrogen-bond acceptors (Lipinski definition) is 2. The highest BCUT2D eigenvalue weighted by Crippen LogP contribution is 2.22. The Labute approximate surface area is 145 Å². The third kappa shape index (κ3) is 5.82. The predicted molar refractivity (Wildman–Crippen MR) is 96.4 cm³/mol. The molecule has 1 aliphatic heterocycles. The highest BCUT2D eigenvalue weighted by atomic mass is 16.4. The molecule has 4 nitrogen and oxygen atoms in total. The Morgan fingerprint density at radius 2 is 1.71 bits per heavy atom. The fourth-order valence-electron chi connectivity index (χ4n) is 3.54. The molecule has 0 aliphatic carbocycles. The van der Waals surface area contributed by atoms with Crippen molar-refractivity contribution in [1.82, 2.24) is 4.90 Å². The summed E-state index contributed by atoms with van der Waals surface area (Å²) in [5.41, 5.74) is 2.50. The Morgan fingerprint density at radius 3 is 2.38 bits per heavy atom. The average Bonchev–Trinajstić information content (AvgIpc) is 2.93. The second-order valence-electron chi connectivity index (χ2n) is 7.02. The van der Waals surface area contributed by atoms with Gasteiger partial charge in [0.25, 0.3) is 0 Å². The van der Waals surface area contributed by atoms with Crippen LogP contribution in [0.2, 0.25) is 0 Å². The van der Waals surface area contributed by atoms with E-state index in [1.54, 1.807) is 0 Å². The number of aryl methyl sites for hydroxylation is 1. The largest absolute Gasteiger partial charge is 0.465 e. The van der Waals surface area contributed by atoms with Gasteiger partial charge in [-0.05, 0) is 36.8 Å². The number of likely N-dealkylation sites (tertiary alicyclic amines) is 1. The molecule has 1 aliphatic rings. The van der Waals surface area contributed by atoms with E-state index >= 15 is 0 Å². The van der Waals surface area contributed by atoms with Crippen LogP contribution in [0.15, 0.2) is 24.3 Å². The van der Waals surface area contributed by atoms with Crippen molar-refractivity contribution in [3.8, 4) is 0 Å². The molecule has 0 saturated carbocycles. The van der Waals surface area contributed by atoms with E-state index in [0.29, 0.717) is 12.8 Å². The van der Waals surface area contributed by atoms with Gasteiger partial charge in [0.05, 0.1) is 12.6 Å². The van der Waals surface area contributed by atoms with Gasteiger partial charge in [0.15, 0.2) is 0 Å². The van der Waals surface area contributed by atoms with Gasteiger partial charge in [0.1, 0.15) is 0 Å². The number of amides is 1. The average molecular weight is 333 g/mol. The molecular weight excluding hydrogens is 302 g/mol. The number of rotatable bonds is 9. The lowest BCUT2D eigenvalue weighted by atomic mass is 10.00. The Hall–Kier alpha value is -1.55. The second kappa shape index (κ2) is 9.67. The molecule has 1 aromatic rings. The van der Waals surface area contributed by atoms with E-state index in [-0.39, 0.29) is 12.6 Å². The number of carbonyl (C=O) groups is 1. The third-order valence-corrected chi connectivity index (χ3v) is 4.95. The molecule has 1 heterocycles. The SMILES string of the molecule is CCCCCCCCc1ccc(C[C@@H]2C[C@@H](O)CN2C(=O)O)cc1. The lowest BCUT2D eigenvalue weighted by Gasteiger charge is -2.21. The Morgan fingerprint density at radius 1 is 1.08 bits per heavy atom. The summed E-state index contributed by atoms with van der Waals surface area (Å²) in [6.07, 6.45) is 8.73. The molecule has 0 unspecified atom stereocenters. The van der Waals surface area contributed by atoms with Crippen LogP contribution in [0.5, 0.6) is 0 Å². The van der Waals surface area contributed by atoms with E-state index < -0.39 is 12.2 Å². The van der Waals surface area contributed by atoms with Gasteiger partial charge in [-0.25, -0.2) is 4.79 Å². The van der Waals surface area contributed by atoms with E-state index in [1.807, 2.05) is 0 Å². The molecule has 0 bridgehead atoms. The van der Waals surface area contributed by atoms with Gasteiger partial charge in [0.2, 0.25) is 0 Å². The van der Waals surface area contributed by atoms with Crippen LogP contribution in [0.1, 0.15) is 63.0 Å². The molecule has 1 aromatic carbocycles. The molecule has 0 spiro atoms. The Balaban J connectivity index is 1.76. The van der Waals surface area contributed by atoms with Crippen LogP contribution in [0, 0.1) is 0 Å². The first-order chi connectivity index (χ1) is 11.6. The number of aliphatic hydroxyl groups is 1. The van der Waals surface area contributed by atoms with Gasteiger partial charge in [0, 0.05) is 6.04 Å². The lowest BCUT2D eigenvalue weighted by molar-refractivity contribution is 0.131. The molecule has 0 radical (unpaired) electrons. The normalized spacial score (nSPS) is 20.5. The minimum absolute atomic E-state index is 0.109. The van der Waals surface area contributed by atoms with Crippen molar-refractivity contribution in [3.05, 3.63) is 35.4 Å². The zero-order valence-corrected chi connectivity index (χ0v) is 14.8. The van der Waals surface area contributed by atoms with Crippen LogP contribution in [0.4, 0.5) is 4.79 Å². The molecule has 134 valence electrons. The van der Waals surface area contributed by atoms with E-state index in [1.165, 1.54) is 49.0 Å². The van der Waals surface area contributed by atoms with Gasteiger partial charge in [-0.1, -0.05) is 63.3 Å². The van der Waals surface area contributed by atoms with Crippen molar-refractivity contribution >= 4 is 6.09 Å². The van der Waals surface area contributed by atoms with E-state index in [4.69, 9.17) is 0 Å². The van der Waals surface area contributed by atoms with Crippen LogP contribution in [0.25, 0.3) is 0 Å². The minimum Gasteiger partial charge on any atom is -0.465 e.